The molecule has 1 fully saturated rings. The summed E-state index contributed by atoms with van der Waals surface area (Å²) in [5, 5.41) is 11.3. The third-order valence-corrected chi connectivity index (χ3v) is 4.80. The van der Waals surface area contributed by atoms with Crippen LogP contribution in [0.4, 0.5) is 22.0 Å². The number of hydrogen-bond acceptors (Lipinski definition) is 5. The highest BCUT2D eigenvalue weighted by molar-refractivity contribution is 6.00. The number of benzene rings is 1. The Bertz CT molecular complexity index is 1130. The first-order valence-corrected chi connectivity index (χ1v) is 9.80. The molecule has 1 saturated heterocycles. The predicted octanol–water partition coefficient (Wildman–Crippen LogP) is 3.64. The maximum Gasteiger partial charge on any atom is 0.573 e. The molecule has 12 heteroatoms. The molecule has 2 aromatic rings. The van der Waals surface area contributed by atoms with Crippen LogP contribution in [0.5, 0.6) is 5.75 Å². The Morgan fingerprint density at radius 1 is 1.24 bits per heavy atom. The van der Waals surface area contributed by atoms with Gasteiger partial charge in [-0.15, -0.1) is 13.2 Å². The van der Waals surface area contributed by atoms with Gasteiger partial charge in [-0.2, -0.15) is 5.26 Å². The molecule has 1 aromatic carbocycles. The van der Waals surface area contributed by atoms with Gasteiger partial charge >= 0.3 is 6.36 Å². The molecule has 178 valence electrons. The Hall–Kier alpha value is -4.01. The number of rotatable bonds is 6. The molecule has 1 atom stereocenters. The number of nitrogens with one attached hydrogen (secondary N) is 1. The van der Waals surface area contributed by atoms with Crippen LogP contribution in [0.15, 0.2) is 42.7 Å². The maximum atomic E-state index is 13.5. The fourth-order valence-corrected chi connectivity index (χ4v) is 3.26. The van der Waals surface area contributed by atoms with E-state index in [1.165, 1.54) is 42.7 Å². The molecule has 1 aliphatic heterocycles. The normalized spacial score (nSPS) is 17.4. The Kier molecular flexibility index (Phi) is 7.14. The molecule has 0 radical (unpaired) electrons. The number of nitrogens with zero attached hydrogens (tertiary/aromatic N) is 3. The molecule has 1 aromatic heterocycles. The van der Waals surface area contributed by atoms with Gasteiger partial charge in [-0.05, 0) is 23.8 Å². The van der Waals surface area contributed by atoms with E-state index in [0.29, 0.717) is 11.1 Å². The average Bonchev–Trinajstić information content (AvgIpc) is 3.10. The topological polar surface area (TPSA) is 95.3 Å². The van der Waals surface area contributed by atoms with Gasteiger partial charge in [-0.25, -0.2) is 8.78 Å². The smallest absolute Gasteiger partial charge is 0.406 e. The van der Waals surface area contributed by atoms with E-state index in [1.807, 2.05) is 0 Å². The van der Waals surface area contributed by atoms with E-state index in [0.717, 1.165) is 17.0 Å². The molecule has 3 rings (SSSR count). The van der Waals surface area contributed by atoms with Crippen LogP contribution in [0, 0.1) is 11.3 Å². The Balaban J connectivity index is 1.65. The number of aromatic nitrogens is 1. The van der Waals surface area contributed by atoms with Gasteiger partial charge in [0.05, 0.1) is 19.2 Å². The van der Waals surface area contributed by atoms with Crippen LogP contribution in [-0.2, 0) is 4.79 Å². The van der Waals surface area contributed by atoms with Crippen molar-refractivity contribution < 1.29 is 36.3 Å². The molecule has 1 N–H and O–H groups in total. The summed E-state index contributed by atoms with van der Waals surface area (Å²) in [4.78, 5) is 29.5. The van der Waals surface area contributed by atoms with Gasteiger partial charge in [0.25, 0.3) is 11.8 Å². The van der Waals surface area contributed by atoms with Crippen LogP contribution in [0.3, 0.4) is 0 Å². The van der Waals surface area contributed by atoms with Crippen molar-refractivity contribution >= 4 is 24.0 Å². The molecule has 0 aliphatic carbocycles. The minimum Gasteiger partial charge on any atom is -0.406 e. The van der Waals surface area contributed by atoms with E-state index in [1.54, 1.807) is 6.07 Å². The molecule has 1 unspecified atom stereocenters. The standard InChI is InChI=1S/C22H17F5N4O3/c23-21(24)9-16(10-28)31(13-21)19(32)12-30-20(33)18-7-8-29-11-15(18)4-1-14-2-5-17(6-3-14)34-22(25,26)27/h1-8,11,16H,9,12-13H2,(H,30,33). The fourth-order valence-electron chi connectivity index (χ4n) is 3.26. The second-order valence-corrected chi connectivity index (χ2v) is 7.32. The van der Waals surface area contributed by atoms with Crippen molar-refractivity contribution in [1.29, 1.82) is 5.26 Å². The number of nitriles is 1. The number of ether oxygens (including phenoxy) is 1. The van der Waals surface area contributed by atoms with Crippen molar-refractivity contribution in [3.63, 3.8) is 0 Å². The lowest BCUT2D eigenvalue weighted by Gasteiger charge is -2.19. The van der Waals surface area contributed by atoms with Crippen LogP contribution in [0.2, 0.25) is 0 Å². The highest BCUT2D eigenvalue weighted by Crippen LogP contribution is 2.31. The molecular weight excluding hydrogens is 463 g/mol. The molecular formula is C22H17F5N4O3. The van der Waals surface area contributed by atoms with Crippen molar-refractivity contribution in [1.82, 2.24) is 15.2 Å². The molecule has 0 bridgehead atoms. The van der Waals surface area contributed by atoms with Crippen LogP contribution in [0.1, 0.15) is 27.9 Å². The number of carbonyl (C=O) groups is 2. The van der Waals surface area contributed by atoms with Crippen molar-refractivity contribution in [2.75, 3.05) is 13.1 Å². The van der Waals surface area contributed by atoms with Gasteiger partial charge in [-0.3, -0.25) is 14.6 Å². The van der Waals surface area contributed by atoms with Crippen LogP contribution < -0.4 is 10.1 Å². The number of alkyl halides is 5. The van der Waals surface area contributed by atoms with Gasteiger partial charge in [0, 0.05) is 29.9 Å². The van der Waals surface area contributed by atoms with Crippen molar-refractivity contribution in [3.05, 3.63) is 59.4 Å². The van der Waals surface area contributed by atoms with E-state index in [9.17, 15) is 31.5 Å². The Morgan fingerprint density at radius 2 is 1.94 bits per heavy atom. The lowest BCUT2D eigenvalue weighted by molar-refractivity contribution is -0.274. The molecule has 2 amide bonds. The van der Waals surface area contributed by atoms with Crippen LogP contribution in [-0.4, -0.2) is 53.1 Å². The van der Waals surface area contributed by atoms with Crippen molar-refractivity contribution in [3.8, 4) is 11.8 Å². The first-order valence-electron chi connectivity index (χ1n) is 9.80. The number of amides is 2. The van der Waals surface area contributed by atoms with E-state index in [4.69, 9.17) is 5.26 Å². The summed E-state index contributed by atoms with van der Waals surface area (Å²) in [5.74, 6) is -5.04. The largest absolute Gasteiger partial charge is 0.573 e. The van der Waals surface area contributed by atoms with Gasteiger partial charge in [0.15, 0.2) is 0 Å². The average molecular weight is 480 g/mol. The second kappa shape index (κ2) is 9.86. The molecule has 0 spiro atoms. The third kappa shape index (κ3) is 6.50. The highest BCUT2D eigenvalue weighted by Gasteiger charge is 2.47. The third-order valence-electron chi connectivity index (χ3n) is 4.80. The van der Waals surface area contributed by atoms with Gasteiger partial charge in [-0.1, -0.05) is 24.3 Å². The number of carbonyl (C=O) groups excluding carboxylic acids is 2. The van der Waals surface area contributed by atoms with Crippen molar-refractivity contribution in [2.24, 2.45) is 0 Å². The molecule has 7 nitrogen and oxygen atoms in total. The van der Waals surface area contributed by atoms with E-state index >= 15 is 0 Å². The summed E-state index contributed by atoms with van der Waals surface area (Å²) < 4.78 is 67.6. The zero-order valence-electron chi connectivity index (χ0n) is 17.4. The first kappa shape index (κ1) is 24.6. The quantitative estimate of drug-likeness (QED) is 0.637. The van der Waals surface area contributed by atoms with Crippen molar-refractivity contribution in [2.45, 2.75) is 24.7 Å². The minimum absolute atomic E-state index is 0.125. The zero-order chi connectivity index (χ0) is 24.9. The Morgan fingerprint density at radius 3 is 2.59 bits per heavy atom. The minimum atomic E-state index is -4.80. The number of likely N-dealkylation sites (tertiary alicyclic amines) is 1. The lowest BCUT2D eigenvalue weighted by Crippen LogP contribution is -2.43. The summed E-state index contributed by atoms with van der Waals surface area (Å²) >= 11 is 0. The van der Waals surface area contributed by atoms with E-state index in [2.05, 4.69) is 15.0 Å². The molecule has 34 heavy (non-hydrogen) atoms. The molecule has 1 aliphatic rings. The second-order valence-electron chi connectivity index (χ2n) is 7.32. The summed E-state index contributed by atoms with van der Waals surface area (Å²) in [7, 11) is 0. The molecule has 2 heterocycles. The SMILES string of the molecule is N#CC1CC(F)(F)CN1C(=O)CNC(=O)c1ccncc1C=Cc1ccc(OC(F)(F)F)cc1. The van der Waals surface area contributed by atoms with Gasteiger partial charge in [0.2, 0.25) is 5.91 Å². The summed E-state index contributed by atoms with van der Waals surface area (Å²) in [6.45, 7) is -1.48. The van der Waals surface area contributed by atoms with Gasteiger partial charge < -0.3 is 15.0 Å². The maximum absolute atomic E-state index is 13.5. The highest BCUT2D eigenvalue weighted by atomic mass is 19.4. The predicted molar refractivity (Wildman–Crippen MR) is 109 cm³/mol. The monoisotopic (exact) mass is 480 g/mol. The number of hydrogen-bond donors (Lipinski definition) is 1. The summed E-state index contributed by atoms with van der Waals surface area (Å²) in [6, 6.07) is 6.78. The number of pyridine rings is 1. The summed E-state index contributed by atoms with van der Waals surface area (Å²) in [5.41, 5.74) is 0.975. The lowest BCUT2D eigenvalue weighted by atomic mass is 10.1. The Labute approximate surface area is 190 Å². The van der Waals surface area contributed by atoms with Gasteiger partial charge in [0.1, 0.15) is 11.8 Å². The summed E-state index contributed by atoms with van der Waals surface area (Å²) in [6.07, 6.45) is 0.162. The van der Waals surface area contributed by atoms with Crippen LogP contribution in [0.25, 0.3) is 12.2 Å². The van der Waals surface area contributed by atoms with E-state index in [-0.39, 0.29) is 11.3 Å². The first-order chi connectivity index (χ1) is 16.0. The number of halogens is 5. The zero-order valence-corrected chi connectivity index (χ0v) is 17.4. The van der Waals surface area contributed by atoms with Crippen LogP contribution >= 0.6 is 0 Å². The fraction of sp³-hybridized carbons (Fsp3) is 0.273. The van der Waals surface area contributed by atoms with E-state index < -0.39 is 49.7 Å². The molecule has 0 saturated carbocycles.